The van der Waals surface area contributed by atoms with Gasteiger partial charge in [-0.25, -0.2) is 0 Å². The monoisotopic (exact) mass is 301 g/mol. The number of oxime groups is 1. The second kappa shape index (κ2) is 6.60. The molecular weight excluding hydrogens is 282 g/mol. The highest BCUT2D eigenvalue weighted by atomic mass is 16.6. The predicted octanol–water partition coefficient (Wildman–Crippen LogP) is 0.964. The largest absolute Gasteiger partial charge is 0.382 e. The molecule has 2 aliphatic heterocycles. The molecule has 1 aromatic rings. The number of hydrogen-bond acceptors (Lipinski definition) is 4. The van der Waals surface area contributed by atoms with Crippen molar-refractivity contribution in [1.29, 1.82) is 0 Å². The van der Waals surface area contributed by atoms with Crippen molar-refractivity contribution in [1.82, 2.24) is 10.6 Å². The van der Waals surface area contributed by atoms with Crippen LogP contribution in [-0.4, -0.2) is 36.2 Å². The van der Waals surface area contributed by atoms with Gasteiger partial charge in [-0.1, -0.05) is 35.5 Å². The van der Waals surface area contributed by atoms with Gasteiger partial charge in [0.2, 0.25) is 12.0 Å². The van der Waals surface area contributed by atoms with E-state index in [0.717, 1.165) is 24.1 Å². The molecule has 0 aromatic heterocycles. The molecule has 0 spiro atoms. The summed E-state index contributed by atoms with van der Waals surface area (Å²) in [5.41, 5.74) is 1.70. The average molecular weight is 301 g/mol. The van der Waals surface area contributed by atoms with Crippen molar-refractivity contribution in [3.05, 3.63) is 35.9 Å². The van der Waals surface area contributed by atoms with Gasteiger partial charge in [0.1, 0.15) is 6.04 Å². The van der Waals surface area contributed by atoms with Gasteiger partial charge < -0.3 is 15.5 Å². The maximum atomic E-state index is 12.3. The lowest BCUT2D eigenvalue weighted by molar-refractivity contribution is -0.135. The number of carbonyl (C=O) groups is 2. The van der Waals surface area contributed by atoms with E-state index in [1.807, 2.05) is 30.3 Å². The van der Waals surface area contributed by atoms with Gasteiger partial charge in [0, 0.05) is 13.0 Å². The lowest BCUT2D eigenvalue weighted by atomic mass is 10.0. The van der Waals surface area contributed by atoms with E-state index in [0.29, 0.717) is 19.4 Å². The summed E-state index contributed by atoms with van der Waals surface area (Å²) in [6.45, 7) is 0.673. The molecule has 0 aliphatic carbocycles. The highest BCUT2D eigenvalue weighted by Crippen LogP contribution is 2.17. The van der Waals surface area contributed by atoms with E-state index in [1.165, 1.54) is 0 Å². The fraction of sp³-hybridized carbons (Fsp3) is 0.438. The minimum Gasteiger partial charge on any atom is -0.382 e. The molecule has 2 amide bonds. The molecule has 116 valence electrons. The van der Waals surface area contributed by atoms with E-state index in [4.69, 9.17) is 4.84 Å². The van der Waals surface area contributed by atoms with E-state index in [2.05, 4.69) is 15.8 Å². The normalized spacial score (nSPS) is 24.7. The molecule has 2 N–H and O–H groups in total. The molecule has 1 fully saturated rings. The fourth-order valence-corrected chi connectivity index (χ4v) is 2.66. The Kier molecular flexibility index (Phi) is 4.37. The molecule has 6 nitrogen and oxygen atoms in total. The minimum atomic E-state index is -0.661. The Morgan fingerprint density at radius 2 is 2.09 bits per heavy atom. The fourth-order valence-electron chi connectivity index (χ4n) is 2.66. The van der Waals surface area contributed by atoms with Gasteiger partial charge in [-0.05, 0) is 24.8 Å². The summed E-state index contributed by atoms with van der Waals surface area (Å²) in [7, 11) is 0. The standard InChI is InChI=1S/C16H19N3O3/c20-15-12(8-4-5-9-17-15)18-16(21)14-10-13(19-22-14)11-6-2-1-3-7-11/h1-3,6-7,12,14H,4-5,8-10H2,(H,17,20)(H,18,21). The van der Waals surface area contributed by atoms with E-state index in [9.17, 15) is 9.59 Å². The first-order chi connectivity index (χ1) is 10.7. The first-order valence-corrected chi connectivity index (χ1v) is 7.60. The molecule has 2 aliphatic rings. The van der Waals surface area contributed by atoms with Gasteiger partial charge in [0.15, 0.2) is 0 Å². The molecule has 6 heteroatoms. The van der Waals surface area contributed by atoms with Gasteiger partial charge in [-0.2, -0.15) is 0 Å². The maximum Gasteiger partial charge on any atom is 0.264 e. The second-order valence-corrected chi connectivity index (χ2v) is 5.55. The number of hydrogen-bond donors (Lipinski definition) is 2. The molecule has 22 heavy (non-hydrogen) atoms. The van der Waals surface area contributed by atoms with Crippen LogP contribution in [0.4, 0.5) is 0 Å². The number of rotatable bonds is 3. The van der Waals surface area contributed by atoms with Gasteiger partial charge in [-0.3, -0.25) is 9.59 Å². The van der Waals surface area contributed by atoms with Gasteiger partial charge in [0.25, 0.3) is 5.91 Å². The Bertz CT molecular complexity index is 586. The third-order valence-electron chi connectivity index (χ3n) is 3.92. The highest BCUT2D eigenvalue weighted by molar-refractivity contribution is 6.04. The van der Waals surface area contributed by atoms with E-state index in [1.54, 1.807) is 0 Å². The molecule has 2 atom stereocenters. The van der Waals surface area contributed by atoms with Gasteiger partial charge in [0.05, 0.1) is 5.71 Å². The van der Waals surface area contributed by atoms with E-state index < -0.39 is 12.1 Å². The van der Waals surface area contributed by atoms with Crippen LogP contribution < -0.4 is 10.6 Å². The van der Waals surface area contributed by atoms with Crippen LogP contribution in [-0.2, 0) is 14.4 Å². The molecule has 3 rings (SSSR count). The van der Waals surface area contributed by atoms with Crippen LogP contribution in [0.3, 0.4) is 0 Å². The smallest absolute Gasteiger partial charge is 0.264 e. The van der Waals surface area contributed by atoms with Crippen LogP contribution in [0.2, 0.25) is 0 Å². The molecule has 0 saturated carbocycles. The third-order valence-corrected chi connectivity index (χ3v) is 3.92. The van der Waals surface area contributed by atoms with Crippen molar-refractivity contribution in [3.63, 3.8) is 0 Å². The molecular formula is C16H19N3O3. The van der Waals surface area contributed by atoms with Crippen LogP contribution in [0, 0.1) is 0 Å². The summed E-state index contributed by atoms with van der Waals surface area (Å²) < 4.78 is 0. The highest BCUT2D eigenvalue weighted by Gasteiger charge is 2.32. The summed E-state index contributed by atoms with van der Waals surface area (Å²) in [5.74, 6) is -0.398. The lowest BCUT2D eigenvalue weighted by Gasteiger charge is -2.17. The molecule has 2 unspecified atom stereocenters. The van der Waals surface area contributed by atoms with Crippen molar-refractivity contribution in [2.24, 2.45) is 5.16 Å². The van der Waals surface area contributed by atoms with Crippen LogP contribution in [0.25, 0.3) is 0 Å². The molecule has 0 bridgehead atoms. The van der Waals surface area contributed by atoms with Crippen molar-refractivity contribution < 1.29 is 14.4 Å². The molecule has 2 heterocycles. The first kappa shape index (κ1) is 14.6. The Morgan fingerprint density at radius 1 is 1.27 bits per heavy atom. The number of amides is 2. The molecule has 1 saturated heterocycles. The second-order valence-electron chi connectivity index (χ2n) is 5.55. The number of nitrogens with zero attached hydrogens (tertiary/aromatic N) is 1. The topological polar surface area (TPSA) is 79.8 Å². The summed E-state index contributed by atoms with van der Waals surface area (Å²) in [6, 6.07) is 9.15. The zero-order valence-corrected chi connectivity index (χ0v) is 12.2. The number of nitrogens with one attached hydrogen (secondary N) is 2. The summed E-state index contributed by atoms with van der Waals surface area (Å²) >= 11 is 0. The van der Waals surface area contributed by atoms with Crippen molar-refractivity contribution in [2.75, 3.05) is 6.54 Å². The first-order valence-electron chi connectivity index (χ1n) is 7.60. The Hall–Kier alpha value is -2.37. The summed E-state index contributed by atoms with van der Waals surface area (Å²) in [5, 5.41) is 9.57. The maximum absolute atomic E-state index is 12.3. The van der Waals surface area contributed by atoms with E-state index in [-0.39, 0.29) is 11.8 Å². The van der Waals surface area contributed by atoms with E-state index >= 15 is 0 Å². The quantitative estimate of drug-likeness (QED) is 0.873. The van der Waals surface area contributed by atoms with Crippen molar-refractivity contribution >= 4 is 17.5 Å². The zero-order valence-electron chi connectivity index (χ0n) is 12.2. The van der Waals surface area contributed by atoms with Crippen molar-refractivity contribution in [2.45, 2.75) is 37.8 Å². The SMILES string of the molecule is O=C1NCCCCC1NC(=O)C1CC(c2ccccc2)=NO1. The summed E-state index contributed by atoms with van der Waals surface area (Å²) in [4.78, 5) is 29.3. The molecule has 0 radical (unpaired) electrons. The van der Waals surface area contributed by atoms with Crippen LogP contribution in [0.5, 0.6) is 0 Å². The average Bonchev–Trinajstić information content (AvgIpc) is 2.96. The number of benzene rings is 1. The van der Waals surface area contributed by atoms with Crippen LogP contribution >= 0.6 is 0 Å². The van der Waals surface area contributed by atoms with Gasteiger partial charge >= 0.3 is 0 Å². The third kappa shape index (κ3) is 3.27. The van der Waals surface area contributed by atoms with Crippen molar-refractivity contribution in [3.8, 4) is 0 Å². The minimum absolute atomic E-state index is 0.118. The Balaban J connectivity index is 1.57. The zero-order chi connectivity index (χ0) is 15.4. The lowest BCUT2D eigenvalue weighted by Crippen LogP contribution is -2.48. The Labute approximate surface area is 128 Å². The molecule has 1 aromatic carbocycles. The van der Waals surface area contributed by atoms with Crippen LogP contribution in [0.1, 0.15) is 31.2 Å². The summed E-state index contributed by atoms with van der Waals surface area (Å²) in [6.07, 6.45) is 2.28. The number of carbonyl (C=O) groups excluding carboxylic acids is 2. The Morgan fingerprint density at radius 3 is 2.91 bits per heavy atom. The van der Waals surface area contributed by atoms with Crippen LogP contribution in [0.15, 0.2) is 35.5 Å². The van der Waals surface area contributed by atoms with Gasteiger partial charge in [-0.15, -0.1) is 0 Å². The predicted molar refractivity (Wildman–Crippen MR) is 81.3 cm³/mol.